The molecule has 1 saturated carbocycles. The van der Waals surface area contributed by atoms with Gasteiger partial charge in [0.25, 0.3) is 5.91 Å². The number of urea groups is 1. The Bertz CT molecular complexity index is 733. The number of imide groups is 1. The number of nitrogens with one attached hydrogen (secondary N) is 2. The molecule has 0 radical (unpaired) electrons. The number of methoxy groups -OCH3 is 2. The minimum atomic E-state index is -1.17. The molecule has 1 aromatic rings. The predicted octanol–water partition coefficient (Wildman–Crippen LogP) is 3.06. The average Bonchev–Trinajstić information content (AvgIpc) is 2.67. The summed E-state index contributed by atoms with van der Waals surface area (Å²) in [6, 6.07) is 2.22. The van der Waals surface area contributed by atoms with Gasteiger partial charge in [0.15, 0.2) is 17.6 Å². The molecule has 154 valence electrons. The van der Waals surface area contributed by atoms with Crippen molar-refractivity contribution in [2.24, 2.45) is 0 Å². The maximum absolute atomic E-state index is 12.3. The summed E-state index contributed by atoms with van der Waals surface area (Å²) < 4.78 is 15.4. The largest absolute Gasteiger partial charge is 0.493 e. The van der Waals surface area contributed by atoms with Crippen molar-refractivity contribution in [1.29, 1.82) is 0 Å². The highest BCUT2D eigenvalue weighted by molar-refractivity contribution is 6.32. The molecule has 0 aliphatic heterocycles. The normalized spacial score (nSPS) is 15.3. The van der Waals surface area contributed by atoms with Crippen LogP contribution in [0.5, 0.6) is 11.5 Å². The SMILES string of the molecule is COc1cc(C(=O)O[C@H](C)C(=O)NC(=O)NC2CCCCC2)cc(Cl)c1OC. The van der Waals surface area contributed by atoms with Crippen LogP contribution in [0.15, 0.2) is 12.1 Å². The molecule has 1 aliphatic rings. The predicted molar refractivity (Wildman–Crippen MR) is 103 cm³/mol. The van der Waals surface area contributed by atoms with E-state index < -0.39 is 24.0 Å². The first-order valence-corrected chi connectivity index (χ1v) is 9.47. The van der Waals surface area contributed by atoms with Gasteiger partial charge in [0, 0.05) is 6.04 Å². The van der Waals surface area contributed by atoms with Crippen LogP contribution in [-0.4, -0.2) is 44.3 Å². The molecule has 1 aromatic carbocycles. The van der Waals surface area contributed by atoms with Gasteiger partial charge in [0.2, 0.25) is 0 Å². The topological polar surface area (TPSA) is 103 Å². The van der Waals surface area contributed by atoms with E-state index in [4.69, 9.17) is 25.8 Å². The zero-order chi connectivity index (χ0) is 20.7. The van der Waals surface area contributed by atoms with Gasteiger partial charge >= 0.3 is 12.0 Å². The van der Waals surface area contributed by atoms with Crippen molar-refractivity contribution in [3.8, 4) is 11.5 Å². The van der Waals surface area contributed by atoms with Gasteiger partial charge in [-0.15, -0.1) is 0 Å². The number of carbonyl (C=O) groups is 3. The molecule has 3 amide bonds. The summed E-state index contributed by atoms with van der Waals surface area (Å²) in [5, 5.41) is 5.13. The van der Waals surface area contributed by atoms with Crippen LogP contribution in [0.2, 0.25) is 5.02 Å². The summed E-state index contributed by atoms with van der Waals surface area (Å²) in [4.78, 5) is 36.4. The summed E-state index contributed by atoms with van der Waals surface area (Å²) in [6.07, 6.45) is 3.89. The first-order valence-electron chi connectivity index (χ1n) is 9.09. The highest BCUT2D eigenvalue weighted by atomic mass is 35.5. The van der Waals surface area contributed by atoms with Crippen molar-refractivity contribution in [3.63, 3.8) is 0 Å². The summed E-state index contributed by atoms with van der Waals surface area (Å²) in [5.41, 5.74) is 0.0916. The molecule has 1 aliphatic carbocycles. The van der Waals surface area contributed by atoms with Gasteiger partial charge in [-0.05, 0) is 31.9 Å². The lowest BCUT2D eigenvalue weighted by molar-refractivity contribution is -0.127. The third kappa shape index (κ3) is 5.76. The molecule has 8 nitrogen and oxygen atoms in total. The number of esters is 1. The minimum Gasteiger partial charge on any atom is -0.493 e. The van der Waals surface area contributed by atoms with Gasteiger partial charge in [0.1, 0.15) is 0 Å². The van der Waals surface area contributed by atoms with Gasteiger partial charge in [-0.3, -0.25) is 10.1 Å². The van der Waals surface area contributed by atoms with Crippen molar-refractivity contribution in [2.75, 3.05) is 14.2 Å². The monoisotopic (exact) mass is 412 g/mol. The number of carbonyl (C=O) groups excluding carboxylic acids is 3. The summed E-state index contributed by atoms with van der Waals surface area (Å²) >= 11 is 6.07. The van der Waals surface area contributed by atoms with Gasteiger partial charge in [-0.25, -0.2) is 9.59 Å². The minimum absolute atomic E-state index is 0.0633. The van der Waals surface area contributed by atoms with Crippen LogP contribution in [0.1, 0.15) is 49.4 Å². The van der Waals surface area contributed by atoms with Crippen molar-refractivity contribution in [3.05, 3.63) is 22.7 Å². The molecular weight excluding hydrogens is 388 g/mol. The molecule has 0 saturated heterocycles. The van der Waals surface area contributed by atoms with Gasteiger partial charge in [-0.2, -0.15) is 0 Å². The van der Waals surface area contributed by atoms with E-state index in [-0.39, 0.29) is 28.1 Å². The molecule has 2 N–H and O–H groups in total. The lowest BCUT2D eigenvalue weighted by atomic mass is 9.96. The number of rotatable bonds is 6. The quantitative estimate of drug-likeness (QED) is 0.696. The zero-order valence-corrected chi connectivity index (χ0v) is 16.9. The Kier molecular flexibility index (Phi) is 7.92. The Morgan fingerprint density at radius 3 is 2.39 bits per heavy atom. The van der Waals surface area contributed by atoms with Gasteiger partial charge < -0.3 is 19.5 Å². The molecule has 0 unspecified atom stereocenters. The molecular formula is C19H25ClN2O6. The average molecular weight is 413 g/mol. The first-order chi connectivity index (χ1) is 13.3. The van der Waals surface area contributed by atoms with Crippen molar-refractivity contribution in [1.82, 2.24) is 10.6 Å². The second-order valence-corrected chi connectivity index (χ2v) is 6.95. The van der Waals surface area contributed by atoms with Crippen LogP contribution in [0.25, 0.3) is 0 Å². The summed E-state index contributed by atoms with van der Waals surface area (Å²) in [7, 11) is 2.83. The lowest BCUT2D eigenvalue weighted by Gasteiger charge is -2.23. The first kappa shape index (κ1) is 21.8. The third-order valence-electron chi connectivity index (χ3n) is 4.50. The number of benzene rings is 1. The van der Waals surface area contributed by atoms with Crippen molar-refractivity contribution in [2.45, 2.75) is 51.2 Å². The maximum Gasteiger partial charge on any atom is 0.339 e. The number of ether oxygens (including phenoxy) is 3. The summed E-state index contributed by atoms with van der Waals surface area (Å²) in [6.45, 7) is 1.38. The molecule has 0 heterocycles. The smallest absolute Gasteiger partial charge is 0.339 e. The number of hydrogen-bond donors (Lipinski definition) is 2. The Morgan fingerprint density at radius 1 is 1.11 bits per heavy atom. The highest BCUT2D eigenvalue weighted by Gasteiger charge is 2.24. The molecule has 0 spiro atoms. The fraction of sp³-hybridized carbons (Fsp3) is 0.526. The standard InChI is InChI=1S/C19H25ClN2O6/c1-11(17(23)22-19(25)21-13-7-5-4-6-8-13)28-18(24)12-9-14(20)16(27-3)15(10-12)26-2/h9-11,13H,4-8H2,1-3H3,(H2,21,22,23,25)/t11-/m1/s1. The summed E-state index contributed by atoms with van der Waals surface area (Å²) in [5.74, 6) is -0.955. The number of hydrogen-bond acceptors (Lipinski definition) is 6. The van der Waals surface area contributed by atoms with E-state index in [1.165, 1.54) is 33.3 Å². The van der Waals surface area contributed by atoms with Crippen molar-refractivity contribution < 1.29 is 28.6 Å². The number of amides is 3. The fourth-order valence-electron chi connectivity index (χ4n) is 3.00. The van der Waals surface area contributed by atoms with Gasteiger partial charge in [-0.1, -0.05) is 30.9 Å². The van der Waals surface area contributed by atoms with E-state index in [0.29, 0.717) is 0 Å². The van der Waals surface area contributed by atoms with E-state index in [2.05, 4.69) is 10.6 Å². The second kappa shape index (κ2) is 10.2. The molecule has 1 fully saturated rings. The Morgan fingerprint density at radius 2 is 1.79 bits per heavy atom. The van der Waals surface area contributed by atoms with Crippen LogP contribution in [0.4, 0.5) is 4.79 Å². The molecule has 0 bridgehead atoms. The van der Waals surface area contributed by atoms with E-state index in [1.54, 1.807) is 0 Å². The lowest BCUT2D eigenvalue weighted by Crippen LogP contribution is -2.48. The Labute approximate surface area is 168 Å². The van der Waals surface area contributed by atoms with Gasteiger partial charge in [0.05, 0.1) is 24.8 Å². The van der Waals surface area contributed by atoms with E-state index in [1.807, 2.05) is 0 Å². The Hall–Kier alpha value is -2.48. The zero-order valence-electron chi connectivity index (χ0n) is 16.2. The molecule has 28 heavy (non-hydrogen) atoms. The van der Waals surface area contributed by atoms with Crippen LogP contribution in [0.3, 0.4) is 0 Å². The van der Waals surface area contributed by atoms with E-state index in [0.717, 1.165) is 32.1 Å². The van der Waals surface area contributed by atoms with Crippen LogP contribution < -0.4 is 20.1 Å². The van der Waals surface area contributed by atoms with E-state index >= 15 is 0 Å². The number of halogens is 1. The van der Waals surface area contributed by atoms with E-state index in [9.17, 15) is 14.4 Å². The van der Waals surface area contributed by atoms with Crippen LogP contribution in [-0.2, 0) is 9.53 Å². The fourth-order valence-corrected chi connectivity index (χ4v) is 3.29. The molecule has 1 atom stereocenters. The maximum atomic E-state index is 12.3. The second-order valence-electron chi connectivity index (χ2n) is 6.54. The van der Waals surface area contributed by atoms with Crippen LogP contribution in [0, 0.1) is 0 Å². The molecule has 2 rings (SSSR count). The third-order valence-corrected chi connectivity index (χ3v) is 4.78. The highest BCUT2D eigenvalue weighted by Crippen LogP contribution is 2.36. The molecule has 0 aromatic heterocycles. The molecule has 9 heteroatoms. The van der Waals surface area contributed by atoms with Crippen LogP contribution >= 0.6 is 11.6 Å². The van der Waals surface area contributed by atoms with Crippen molar-refractivity contribution >= 4 is 29.5 Å². The Balaban J connectivity index is 1.93.